The predicted octanol–water partition coefficient (Wildman–Crippen LogP) is 3.25. The Morgan fingerprint density at radius 2 is 2.00 bits per heavy atom. The van der Waals surface area contributed by atoms with Crippen LogP contribution in [0.15, 0.2) is 53.5 Å². The summed E-state index contributed by atoms with van der Waals surface area (Å²) in [5.74, 6) is -0.339. The summed E-state index contributed by atoms with van der Waals surface area (Å²) in [5, 5.41) is 0. The molecule has 0 bridgehead atoms. The van der Waals surface area contributed by atoms with E-state index in [1.54, 1.807) is 23.4 Å². The second kappa shape index (κ2) is 4.65. The standard InChI is InChI=1S/C15H11FN2O/c16-11-4-3-5-12(8-11)18-10-17-14-7-2-1-6-13(14)15(18)9-19/h1-10,15H. The molecule has 0 radical (unpaired) electrons. The molecule has 3 rings (SSSR count). The minimum atomic E-state index is -0.476. The molecule has 1 unspecified atom stereocenters. The molecule has 0 spiro atoms. The van der Waals surface area contributed by atoms with Crippen molar-refractivity contribution in [3.05, 3.63) is 59.9 Å². The number of anilines is 1. The monoisotopic (exact) mass is 254 g/mol. The molecule has 94 valence electrons. The van der Waals surface area contributed by atoms with Crippen molar-refractivity contribution in [2.75, 3.05) is 4.90 Å². The van der Waals surface area contributed by atoms with Crippen LogP contribution in [0.4, 0.5) is 15.8 Å². The number of aliphatic imine (C=N–C) groups is 1. The Morgan fingerprint density at radius 1 is 1.16 bits per heavy atom. The van der Waals surface area contributed by atoms with Gasteiger partial charge in [-0.1, -0.05) is 24.3 Å². The predicted molar refractivity (Wildman–Crippen MR) is 72.3 cm³/mol. The van der Waals surface area contributed by atoms with Crippen LogP contribution in [0.25, 0.3) is 0 Å². The van der Waals surface area contributed by atoms with Crippen LogP contribution in [0.3, 0.4) is 0 Å². The Bertz CT molecular complexity index is 654. The van der Waals surface area contributed by atoms with Crippen molar-refractivity contribution in [2.24, 2.45) is 4.99 Å². The van der Waals surface area contributed by atoms with Crippen molar-refractivity contribution in [3.8, 4) is 0 Å². The molecule has 2 aromatic rings. The lowest BCUT2D eigenvalue weighted by Crippen LogP contribution is -2.30. The molecule has 1 aliphatic rings. The number of aldehydes is 1. The first kappa shape index (κ1) is 11.6. The van der Waals surface area contributed by atoms with E-state index in [2.05, 4.69) is 4.99 Å². The first-order valence-corrected chi connectivity index (χ1v) is 5.92. The van der Waals surface area contributed by atoms with Gasteiger partial charge < -0.3 is 9.69 Å². The SMILES string of the molecule is O=CC1c2ccccc2N=CN1c1cccc(F)c1. The van der Waals surface area contributed by atoms with Gasteiger partial charge in [0.2, 0.25) is 0 Å². The highest BCUT2D eigenvalue weighted by molar-refractivity contribution is 5.91. The maximum Gasteiger partial charge on any atom is 0.147 e. The lowest BCUT2D eigenvalue weighted by molar-refractivity contribution is -0.108. The molecule has 1 atom stereocenters. The van der Waals surface area contributed by atoms with E-state index in [1.165, 1.54) is 12.1 Å². The van der Waals surface area contributed by atoms with E-state index in [1.807, 2.05) is 24.3 Å². The summed E-state index contributed by atoms with van der Waals surface area (Å²) in [6.07, 6.45) is 2.41. The van der Waals surface area contributed by atoms with Gasteiger partial charge in [-0.05, 0) is 24.3 Å². The van der Waals surface area contributed by atoms with Crippen LogP contribution in [-0.4, -0.2) is 12.6 Å². The summed E-state index contributed by atoms with van der Waals surface area (Å²) in [6.45, 7) is 0. The molecule has 0 aliphatic carbocycles. The van der Waals surface area contributed by atoms with Crippen molar-refractivity contribution in [3.63, 3.8) is 0 Å². The molecular formula is C15H11FN2O. The first-order valence-electron chi connectivity index (χ1n) is 5.92. The van der Waals surface area contributed by atoms with Gasteiger partial charge in [-0.15, -0.1) is 0 Å². The maximum absolute atomic E-state index is 13.3. The third kappa shape index (κ3) is 2.01. The summed E-state index contributed by atoms with van der Waals surface area (Å²) in [5.41, 5.74) is 2.20. The molecule has 0 saturated heterocycles. The quantitative estimate of drug-likeness (QED) is 0.771. The average Bonchev–Trinajstić information content (AvgIpc) is 2.46. The van der Waals surface area contributed by atoms with Gasteiger partial charge in [-0.25, -0.2) is 9.38 Å². The van der Waals surface area contributed by atoms with Crippen LogP contribution < -0.4 is 4.90 Å². The molecule has 0 aromatic heterocycles. The minimum absolute atomic E-state index is 0.339. The lowest BCUT2D eigenvalue weighted by Gasteiger charge is -2.30. The van der Waals surface area contributed by atoms with Gasteiger partial charge in [0.15, 0.2) is 0 Å². The van der Waals surface area contributed by atoms with Crippen molar-refractivity contribution in [1.29, 1.82) is 0 Å². The zero-order valence-electron chi connectivity index (χ0n) is 10.0. The number of fused-ring (bicyclic) bond motifs is 1. The van der Waals surface area contributed by atoms with E-state index in [9.17, 15) is 9.18 Å². The number of carbonyl (C=O) groups is 1. The number of rotatable bonds is 2. The molecule has 0 N–H and O–H groups in total. The van der Waals surface area contributed by atoms with Gasteiger partial charge in [0.1, 0.15) is 18.1 Å². The fourth-order valence-corrected chi connectivity index (χ4v) is 2.20. The molecule has 2 aromatic carbocycles. The number of hydrogen-bond acceptors (Lipinski definition) is 3. The zero-order valence-corrected chi connectivity index (χ0v) is 10.0. The highest BCUT2D eigenvalue weighted by atomic mass is 19.1. The van der Waals surface area contributed by atoms with Crippen LogP contribution >= 0.6 is 0 Å². The summed E-state index contributed by atoms with van der Waals surface area (Å²) in [7, 11) is 0. The smallest absolute Gasteiger partial charge is 0.147 e. The lowest BCUT2D eigenvalue weighted by atomic mass is 10.0. The fraction of sp³-hybridized carbons (Fsp3) is 0.0667. The first-order chi connectivity index (χ1) is 9.29. The van der Waals surface area contributed by atoms with E-state index in [-0.39, 0.29) is 5.82 Å². The normalized spacial score (nSPS) is 17.1. The topological polar surface area (TPSA) is 32.7 Å². The maximum atomic E-state index is 13.3. The van der Waals surface area contributed by atoms with E-state index in [0.29, 0.717) is 5.69 Å². The molecule has 0 amide bonds. The van der Waals surface area contributed by atoms with Gasteiger partial charge >= 0.3 is 0 Å². The summed E-state index contributed by atoms with van der Waals surface area (Å²) in [4.78, 5) is 17.4. The number of para-hydroxylation sites is 1. The number of nitrogens with zero attached hydrogens (tertiary/aromatic N) is 2. The van der Waals surface area contributed by atoms with Crippen LogP contribution in [0.2, 0.25) is 0 Å². The number of hydrogen-bond donors (Lipinski definition) is 0. The van der Waals surface area contributed by atoms with Crippen molar-refractivity contribution >= 4 is 24.0 Å². The Labute approximate surface area is 110 Å². The van der Waals surface area contributed by atoms with Crippen molar-refractivity contribution < 1.29 is 9.18 Å². The molecule has 0 fully saturated rings. The van der Waals surface area contributed by atoms with Gasteiger partial charge in [0.05, 0.1) is 12.0 Å². The Hall–Kier alpha value is -2.49. The highest BCUT2D eigenvalue weighted by Gasteiger charge is 2.24. The van der Waals surface area contributed by atoms with Gasteiger partial charge in [0, 0.05) is 11.3 Å². The Morgan fingerprint density at radius 3 is 2.79 bits per heavy atom. The van der Waals surface area contributed by atoms with E-state index < -0.39 is 6.04 Å². The third-order valence-electron chi connectivity index (χ3n) is 3.11. The summed E-state index contributed by atoms with van der Waals surface area (Å²) >= 11 is 0. The zero-order chi connectivity index (χ0) is 13.2. The third-order valence-corrected chi connectivity index (χ3v) is 3.11. The largest absolute Gasteiger partial charge is 0.318 e. The Kier molecular flexibility index (Phi) is 2.83. The number of halogens is 1. The molecular weight excluding hydrogens is 243 g/mol. The summed E-state index contributed by atoms with van der Waals surface area (Å²) in [6, 6.07) is 13.1. The van der Waals surface area contributed by atoms with Crippen molar-refractivity contribution in [2.45, 2.75) is 6.04 Å². The van der Waals surface area contributed by atoms with E-state index >= 15 is 0 Å². The number of carbonyl (C=O) groups excluding carboxylic acids is 1. The van der Waals surface area contributed by atoms with Crippen molar-refractivity contribution in [1.82, 2.24) is 0 Å². The number of benzene rings is 2. The van der Waals surface area contributed by atoms with Crippen LogP contribution in [0, 0.1) is 5.82 Å². The minimum Gasteiger partial charge on any atom is -0.318 e. The second-order valence-corrected chi connectivity index (χ2v) is 4.27. The van der Waals surface area contributed by atoms with Crippen LogP contribution in [-0.2, 0) is 4.79 Å². The fourth-order valence-electron chi connectivity index (χ4n) is 2.20. The van der Waals surface area contributed by atoms with Gasteiger partial charge in [-0.2, -0.15) is 0 Å². The second-order valence-electron chi connectivity index (χ2n) is 4.27. The van der Waals surface area contributed by atoms with Gasteiger partial charge in [-0.3, -0.25) is 0 Å². The van der Waals surface area contributed by atoms with E-state index in [4.69, 9.17) is 0 Å². The highest BCUT2D eigenvalue weighted by Crippen LogP contribution is 2.34. The molecule has 19 heavy (non-hydrogen) atoms. The van der Waals surface area contributed by atoms with E-state index in [0.717, 1.165) is 17.5 Å². The van der Waals surface area contributed by atoms with Crippen LogP contribution in [0.1, 0.15) is 11.6 Å². The molecule has 1 aliphatic heterocycles. The molecule has 1 heterocycles. The summed E-state index contributed by atoms with van der Waals surface area (Å²) < 4.78 is 13.3. The Balaban J connectivity index is 2.08. The molecule has 4 heteroatoms. The molecule has 0 saturated carbocycles. The van der Waals surface area contributed by atoms with Gasteiger partial charge in [0.25, 0.3) is 0 Å². The van der Waals surface area contributed by atoms with Crippen LogP contribution in [0.5, 0.6) is 0 Å². The average molecular weight is 254 g/mol. The molecule has 3 nitrogen and oxygen atoms in total.